The molecule has 0 saturated carbocycles. The van der Waals surface area contributed by atoms with E-state index in [1.807, 2.05) is 24.3 Å². The Labute approximate surface area is 165 Å². The molecule has 2 aromatic carbocycles. The minimum Gasteiger partial charge on any atom is -0.497 e. The van der Waals surface area contributed by atoms with Gasteiger partial charge >= 0.3 is 6.03 Å². The van der Waals surface area contributed by atoms with Crippen molar-refractivity contribution in [1.29, 1.82) is 0 Å². The maximum absolute atomic E-state index is 13.0. The Bertz CT molecular complexity index is 985. The largest absolute Gasteiger partial charge is 0.497 e. The molecule has 0 spiro atoms. The van der Waals surface area contributed by atoms with Crippen LogP contribution in [0.15, 0.2) is 54.6 Å². The Morgan fingerprint density at radius 3 is 2.39 bits per heavy atom. The van der Waals surface area contributed by atoms with Crippen molar-refractivity contribution in [2.24, 2.45) is 5.73 Å². The normalized spacial score (nSPS) is 10.4. The summed E-state index contributed by atoms with van der Waals surface area (Å²) in [6, 6.07) is 14.1. The molecule has 0 fully saturated rings. The summed E-state index contributed by atoms with van der Waals surface area (Å²) in [4.78, 5) is 24.7. The van der Waals surface area contributed by atoms with Crippen LogP contribution in [0.1, 0.15) is 15.9 Å². The summed E-state index contributed by atoms with van der Waals surface area (Å²) in [6.07, 6.45) is 0. The fourth-order valence-electron chi connectivity index (χ4n) is 2.54. The molecule has 1 heterocycles. The van der Waals surface area contributed by atoms with Crippen molar-refractivity contribution in [3.05, 3.63) is 71.5 Å². The molecule has 0 bridgehead atoms. The monoisotopic (exact) mass is 399 g/mol. The third kappa shape index (κ3) is 4.66. The van der Waals surface area contributed by atoms with E-state index in [1.54, 1.807) is 25.3 Å². The third-order valence-corrected chi connectivity index (χ3v) is 5.05. The number of carbonyl (C=O) groups is 2. The number of nitrogens with one attached hydrogen (secondary N) is 2. The van der Waals surface area contributed by atoms with E-state index in [1.165, 1.54) is 23.5 Å². The number of rotatable bonds is 6. The van der Waals surface area contributed by atoms with Crippen molar-refractivity contribution in [3.63, 3.8) is 0 Å². The molecule has 1 aromatic heterocycles. The van der Waals surface area contributed by atoms with Gasteiger partial charge < -0.3 is 15.8 Å². The van der Waals surface area contributed by atoms with Crippen LogP contribution < -0.4 is 21.1 Å². The van der Waals surface area contributed by atoms with Crippen LogP contribution in [-0.4, -0.2) is 19.0 Å². The maximum atomic E-state index is 13.0. The average Bonchev–Trinajstić information content (AvgIpc) is 3.10. The molecule has 3 rings (SSSR count). The van der Waals surface area contributed by atoms with Crippen LogP contribution in [0.4, 0.5) is 14.2 Å². The summed E-state index contributed by atoms with van der Waals surface area (Å²) in [5.41, 5.74) is 7.16. The number of halogens is 1. The first-order valence-electron chi connectivity index (χ1n) is 8.33. The van der Waals surface area contributed by atoms with Crippen molar-refractivity contribution in [2.75, 3.05) is 12.4 Å². The molecule has 0 atom stereocenters. The first-order chi connectivity index (χ1) is 13.5. The van der Waals surface area contributed by atoms with Gasteiger partial charge in [-0.3, -0.25) is 10.1 Å². The minimum absolute atomic E-state index is 0.225. The first kappa shape index (κ1) is 19.4. The molecule has 6 nitrogen and oxygen atoms in total. The smallest absolute Gasteiger partial charge is 0.317 e. The molecule has 0 saturated heterocycles. The fourth-order valence-corrected chi connectivity index (χ4v) is 3.61. The molecular weight excluding hydrogens is 381 g/mol. The second kappa shape index (κ2) is 8.53. The van der Waals surface area contributed by atoms with Crippen LogP contribution in [0, 0.1) is 5.82 Å². The number of benzene rings is 2. The molecule has 3 amide bonds. The number of primary amides is 1. The summed E-state index contributed by atoms with van der Waals surface area (Å²) in [5.74, 6) is 0.00197. The number of hydrogen-bond donors (Lipinski definition) is 3. The van der Waals surface area contributed by atoms with E-state index in [0.717, 1.165) is 16.0 Å². The Morgan fingerprint density at radius 2 is 1.79 bits per heavy atom. The molecular formula is C20H18FN3O3S. The van der Waals surface area contributed by atoms with Gasteiger partial charge in [0.2, 0.25) is 0 Å². The number of thiophene rings is 1. The van der Waals surface area contributed by atoms with Crippen molar-refractivity contribution in [3.8, 4) is 16.2 Å². The fraction of sp³-hybridized carbons (Fsp3) is 0.100. The Morgan fingerprint density at radius 1 is 1.11 bits per heavy atom. The quantitative estimate of drug-likeness (QED) is 0.585. The zero-order chi connectivity index (χ0) is 20.1. The van der Waals surface area contributed by atoms with Crippen molar-refractivity contribution in [1.82, 2.24) is 5.32 Å². The first-order valence-corrected chi connectivity index (χ1v) is 9.15. The average molecular weight is 399 g/mol. The lowest BCUT2D eigenvalue weighted by Gasteiger charge is -2.06. The molecule has 0 unspecified atom stereocenters. The SMILES string of the molecule is COc1ccc(-c2cc(C(=O)NCc3ccc(F)cc3)c(NC(N)=O)s2)cc1. The van der Waals surface area contributed by atoms with Crippen LogP contribution in [-0.2, 0) is 6.54 Å². The zero-order valence-corrected chi connectivity index (χ0v) is 15.8. The predicted molar refractivity (Wildman–Crippen MR) is 107 cm³/mol. The number of methoxy groups -OCH3 is 1. The highest BCUT2D eigenvalue weighted by Crippen LogP contribution is 2.36. The van der Waals surface area contributed by atoms with Crippen LogP contribution in [0.3, 0.4) is 0 Å². The lowest BCUT2D eigenvalue weighted by molar-refractivity contribution is 0.0952. The van der Waals surface area contributed by atoms with E-state index >= 15 is 0 Å². The van der Waals surface area contributed by atoms with Gasteiger partial charge in [-0.2, -0.15) is 0 Å². The molecule has 0 radical (unpaired) electrons. The number of amides is 3. The number of ether oxygens (including phenoxy) is 1. The number of urea groups is 1. The molecule has 3 aromatic rings. The highest BCUT2D eigenvalue weighted by atomic mass is 32.1. The summed E-state index contributed by atoms with van der Waals surface area (Å²) in [5, 5.41) is 5.62. The maximum Gasteiger partial charge on any atom is 0.317 e. The summed E-state index contributed by atoms with van der Waals surface area (Å²) in [7, 11) is 1.58. The molecule has 0 aliphatic heterocycles. The lowest BCUT2D eigenvalue weighted by atomic mass is 10.1. The Balaban J connectivity index is 1.82. The van der Waals surface area contributed by atoms with E-state index < -0.39 is 6.03 Å². The highest BCUT2D eigenvalue weighted by Gasteiger charge is 2.18. The van der Waals surface area contributed by atoms with E-state index in [0.29, 0.717) is 16.3 Å². The van der Waals surface area contributed by atoms with Gasteiger partial charge in [0.1, 0.15) is 16.6 Å². The number of hydrogen-bond acceptors (Lipinski definition) is 4. The zero-order valence-electron chi connectivity index (χ0n) is 15.0. The van der Waals surface area contributed by atoms with Gasteiger partial charge in [0.15, 0.2) is 0 Å². The standard InChI is InChI=1S/C20H18FN3O3S/c1-27-15-8-4-13(5-9-15)17-10-16(19(28-17)24-20(22)26)18(25)23-11-12-2-6-14(21)7-3-12/h2-10H,11H2,1H3,(H,23,25)(H3,22,24,26). The molecule has 0 aliphatic rings. The molecule has 0 aliphatic carbocycles. The van der Waals surface area contributed by atoms with Gasteiger partial charge in [0.05, 0.1) is 12.7 Å². The van der Waals surface area contributed by atoms with E-state index in [4.69, 9.17) is 10.5 Å². The van der Waals surface area contributed by atoms with Gasteiger partial charge in [0, 0.05) is 11.4 Å². The molecule has 4 N–H and O–H groups in total. The van der Waals surface area contributed by atoms with Gasteiger partial charge in [-0.25, -0.2) is 9.18 Å². The topological polar surface area (TPSA) is 93.4 Å². The third-order valence-electron chi connectivity index (χ3n) is 3.95. The van der Waals surface area contributed by atoms with Crippen LogP contribution in [0.25, 0.3) is 10.4 Å². The van der Waals surface area contributed by atoms with Gasteiger partial charge in [-0.15, -0.1) is 11.3 Å². The molecule has 28 heavy (non-hydrogen) atoms. The molecule has 8 heteroatoms. The highest BCUT2D eigenvalue weighted by molar-refractivity contribution is 7.20. The number of carbonyl (C=O) groups excluding carboxylic acids is 2. The number of anilines is 1. The van der Waals surface area contributed by atoms with Crippen molar-refractivity contribution < 1.29 is 18.7 Å². The van der Waals surface area contributed by atoms with Gasteiger partial charge in [-0.1, -0.05) is 12.1 Å². The van der Waals surface area contributed by atoms with E-state index in [9.17, 15) is 14.0 Å². The summed E-state index contributed by atoms with van der Waals surface area (Å²) >= 11 is 1.24. The van der Waals surface area contributed by atoms with Crippen molar-refractivity contribution >= 4 is 28.3 Å². The number of nitrogens with two attached hydrogens (primary N) is 1. The summed E-state index contributed by atoms with van der Waals surface area (Å²) in [6.45, 7) is 0.225. The Kier molecular flexibility index (Phi) is 5.90. The van der Waals surface area contributed by atoms with Gasteiger partial charge in [-0.05, 0) is 53.6 Å². The lowest BCUT2D eigenvalue weighted by Crippen LogP contribution is -2.25. The van der Waals surface area contributed by atoms with Crippen molar-refractivity contribution in [2.45, 2.75) is 6.54 Å². The van der Waals surface area contributed by atoms with Gasteiger partial charge in [0.25, 0.3) is 5.91 Å². The van der Waals surface area contributed by atoms with E-state index in [2.05, 4.69) is 10.6 Å². The predicted octanol–water partition coefficient (Wildman–Crippen LogP) is 3.98. The van der Waals surface area contributed by atoms with Crippen LogP contribution >= 0.6 is 11.3 Å². The summed E-state index contributed by atoms with van der Waals surface area (Å²) < 4.78 is 18.1. The Hall–Kier alpha value is -3.39. The van der Waals surface area contributed by atoms with E-state index in [-0.39, 0.29) is 18.3 Å². The second-order valence-corrected chi connectivity index (χ2v) is 6.93. The van der Waals surface area contributed by atoms with Crippen LogP contribution in [0.2, 0.25) is 0 Å². The minimum atomic E-state index is -0.754. The van der Waals surface area contributed by atoms with Crippen LogP contribution in [0.5, 0.6) is 5.75 Å². The molecule has 144 valence electrons. The second-order valence-electron chi connectivity index (χ2n) is 5.88.